The van der Waals surface area contributed by atoms with Crippen molar-refractivity contribution < 1.29 is 13.2 Å². The molecule has 1 aliphatic rings. The molecule has 0 saturated heterocycles. The second-order valence-corrected chi connectivity index (χ2v) is 8.67. The normalized spacial score (nSPS) is 15.9. The van der Waals surface area contributed by atoms with Gasteiger partial charge in [0.2, 0.25) is 15.9 Å². The van der Waals surface area contributed by atoms with Gasteiger partial charge in [0.15, 0.2) is 0 Å². The number of anilines is 1. The fraction of sp³-hybridized carbons (Fsp3) is 0.611. The molecule has 0 heterocycles. The van der Waals surface area contributed by atoms with E-state index in [0.29, 0.717) is 25.2 Å². The van der Waals surface area contributed by atoms with Gasteiger partial charge in [0.05, 0.1) is 4.90 Å². The summed E-state index contributed by atoms with van der Waals surface area (Å²) in [5.74, 6) is -0.0887. The quantitative estimate of drug-likeness (QED) is 0.766. The summed E-state index contributed by atoms with van der Waals surface area (Å²) in [6.45, 7) is 2.97. The summed E-state index contributed by atoms with van der Waals surface area (Å²) >= 11 is 0. The van der Waals surface area contributed by atoms with Gasteiger partial charge in [-0.15, -0.1) is 0 Å². The number of hydrogen-bond donors (Lipinski definition) is 1. The Balaban J connectivity index is 2.21. The molecule has 1 aromatic rings. The van der Waals surface area contributed by atoms with Crippen LogP contribution in [0.15, 0.2) is 29.2 Å². The number of carbonyl (C=O) groups excluding carboxylic acids is 1. The van der Waals surface area contributed by atoms with Gasteiger partial charge in [-0.2, -0.15) is 4.31 Å². The number of likely N-dealkylation sites (N-methyl/N-ethyl adjacent to an activating group) is 1. The molecule has 1 amide bonds. The van der Waals surface area contributed by atoms with Gasteiger partial charge in [0.25, 0.3) is 0 Å². The first-order chi connectivity index (χ1) is 11.8. The number of amides is 1. The van der Waals surface area contributed by atoms with Crippen molar-refractivity contribution in [2.75, 3.05) is 32.5 Å². The number of hydrogen-bond acceptors (Lipinski definition) is 4. The van der Waals surface area contributed by atoms with Gasteiger partial charge >= 0.3 is 0 Å². The lowest BCUT2D eigenvalue weighted by Gasteiger charge is -2.29. The first-order valence-electron chi connectivity index (χ1n) is 8.91. The molecule has 0 aliphatic heterocycles. The number of carbonyl (C=O) groups is 1. The number of sulfonamides is 1. The third-order valence-corrected chi connectivity index (χ3v) is 6.53. The summed E-state index contributed by atoms with van der Waals surface area (Å²) in [5, 5.41) is 2.74. The maximum Gasteiger partial charge on any atom is 0.243 e. The van der Waals surface area contributed by atoms with Crippen molar-refractivity contribution >= 4 is 21.6 Å². The van der Waals surface area contributed by atoms with Crippen LogP contribution in [0.25, 0.3) is 0 Å². The van der Waals surface area contributed by atoms with E-state index in [2.05, 4.69) is 5.32 Å². The Morgan fingerprint density at radius 2 is 1.72 bits per heavy atom. The van der Waals surface area contributed by atoms with E-state index in [0.717, 1.165) is 25.7 Å². The van der Waals surface area contributed by atoms with Crippen LogP contribution in [0.5, 0.6) is 0 Å². The van der Waals surface area contributed by atoms with E-state index < -0.39 is 10.0 Å². The molecule has 1 fully saturated rings. The monoisotopic (exact) mass is 367 g/mol. The van der Waals surface area contributed by atoms with Crippen LogP contribution in [-0.4, -0.2) is 56.8 Å². The standard InChI is InChI=1S/C18H29N3O3S/c1-4-18(22)19-15-9-11-17(12-10-15)25(23,24)21(14-13-20(2)3)16-7-5-6-8-16/h9-12,16H,4-8,13-14H2,1-3H3,(H,19,22). The van der Waals surface area contributed by atoms with Gasteiger partial charge in [-0.3, -0.25) is 4.79 Å². The van der Waals surface area contributed by atoms with Gasteiger partial charge < -0.3 is 10.2 Å². The van der Waals surface area contributed by atoms with Crippen LogP contribution in [0.3, 0.4) is 0 Å². The van der Waals surface area contributed by atoms with Gasteiger partial charge in [-0.1, -0.05) is 19.8 Å². The lowest BCUT2D eigenvalue weighted by atomic mass is 10.2. The Labute approximate surface area is 151 Å². The van der Waals surface area contributed by atoms with Crippen molar-refractivity contribution in [3.8, 4) is 0 Å². The largest absolute Gasteiger partial charge is 0.326 e. The van der Waals surface area contributed by atoms with Crippen molar-refractivity contribution in [3.63, 3.8) is 0 Å². The number of rotatable bonds is 8. The van der Waals surface area contributed by atoms with Crippen molar-refractivity contribution in [2.24, 2.45) is 0 Å². The second kappa shape index (κ2) is 8.78. The molecule has 140 valence electrons. The summed E-state index contributed by atoms with van der Waals surface area (Å²) in [4.78, 5) is 13.7. The van der Waals surface area contributed by atoms with E-state index in [1.165, 1.54) is 0 Å². The summed E-state index contributed by atoms with van der Waals surface area (Å²) < 4.78 is 27.9. The van der Waals surface area contributed by atoms with Crippen LogP contribution in [0.1, 0.15) is 39.0 Å². The number of nitrogens with zero attached hydrogens (tertiary/aromatic N) is 2. The topological polar surface area (TPSA) is 69.7 Å². The SMILES string of the molecule is CCC(=O)Nc1ccc(S(=O)(=O)N(CCN(C)C)C2CCCC2)cc1. The molecule has 0 unspecified atom stereocenters. The Morgan fingerprint density at radius 3 is 2.24 bits per heavy atom. The molecule has 7 heteroatoms. The van der Waals surface area contributed by atoms with Crippen molar-refractivity contribution in [2.45, 2.75) is 50.0 Å². The van der Waals surface area contributed by atoms with Gasteiger partial charge in [0.1, 0.15) is 0 Å². The molecule has 25 heavy (non-hydrogen) atoms. The molecular formula is C18H29N3O3S. The molecule has 1 saturated carbocycles. The molecule has 1 aromatic carbocycles. The Hall–Kier alpha value is -1.44. The zero-order valence-electron chi connectivity index (χ0n) is 15.4. The van der Waals surface area contributed by atoms with Gasteiger partial charge in [0, 0.05) is 31.2 Å². The Kier molecular flexibility index (Phi) is 6.98. The first-order valence-corrected chi connectivity index (χ1v) is 10.3. The highest BCUT2D eigenvalue weighted by Crippen LogP contribution is 2.29. The van der Waals surface area contributed by atoms with Gasteiger partial charge in [-0.05, 0) is 51.2 Å². The number of benzene rings is 1. The Morgan fingerprint density at radius 1 is 1.12 bits per heavy atom. The van der Waals surface area contributed by atoms with E-state index in [-0.39, 0.29) is 16.8 Å². The summed E-state index contributed by atoms with van der Waals surface area (Å²) in [5.41, 5.74) is 0.617. The average molecular weight is 368 g/mol. The molecule has 0 radical (unpaired) electrons. The second-order valence-electron chi connectivity index (χ2n) is 6.78. The minimum absolute atomic E-state index is 0.0874. The van der Waals surface area contributed by atoms with E-state index in [1.807, 2.05) is 19.0 Å². The Bertz CT molecular complexity index is 665. The zero-order valence-corrected chi connectivity index (χ0v) is 16.2. The lowest BCUT2D eigenvalue weighted by Crippen LogP contribution is -2.42. The fourth-order valence-electron chi connectivity index (χ4n) is 3.08. The van der Waals surface area contributed by atoms with Crippen LogP contribution in [0.4, 0.5) is 5.69 Å². The van der Waals surface area contributed by atoms with Crippen LogP contribution in [0.2, 0.25) is 0 Å². The van der Waals surface area contributed by atoms with Crippen molar-refractivity contribution in [1.29, 1.82) is 0 Å². The first kappa shape index (κ1) is 19.9. The van der Waals surface area contributed by atoms with E-state index in [4.69, 9.17) is 0 Å². The molecule has 0 bridgehead atoms. The van der Waals surface area contributed by atoms with Crippen LogP contribution in [0, 0.1) is 0 Å². The highest BCUT2D eigenvalue weighted by Gasteiger charge is 2.33. The molecule has 2 rings (SSSR count). The predicted molar refractivity (Wildman–Crippen MR) is 100 cm³/mol. The molecule has 0 aromatic heterocycles. The van der Waals surface area contributed by atoms with Crippen LogP contribution < -0.4 is 5.32 Å². The molecule has 6 nitrogen and oxygen atoms in total. The van der Waals surface area contributed by atoms with Crippen LogP contribution in [-0.2, 0) is 14.8 Å². The van der Waals surface area contributed by atoms with Crippen molar-refractivity contribution in [1.82, 2.24) is 9.21 Å². The molecule has 0 spiro atoms. The third kappa shape index (κ3) is 5.26. The maximum absolute atomic E-state index is 13.1. The smallest absolute Gasteiger partial charge is 0.243 e. The molecular weight excluding hydrogens is 338 g/mol. The molecule has 1 N–H and O–H groups in total. The fourth-order valence-corrected chi connectivity index (χ4v) is 4.76. The third-order valence-electron chi connectivity index (χ3n) is 4.57. The summed E-state index contributed by atoms with van der Waals surface area (Å²) in [6, 6.07) is 6.55. The van der Waals surface area contributed by atoms with E-state index in [9.17, 15) is 13.2 Å². The summed E-state index contributed by atoms with van der Waals surface area (Å²) in [7, 11) is 0.361. The highest BCUT2D eigenvalue weighted by atomic mass is 32.2. The van der Waals surface area contributed by atoms with Crippen molar-refractivity contribution in [3.05, 3.63) is 24.3 Å². The van der Waals surface area contributed by atoms with Crippen LogP contribution >= 0.6 is 0 Å². The minimum atomic E-state index is -3.54. The zero-order chi connectivity index (χ0) is 18.4. The molecule has 1 aliphatic carbocycles. The predicted octanol–water partition coefficient (Wildman–Crippen LogP) is 2.53. The lowest BCUT2D eigenvalue weighted by molar-refractivity contribution is -0.115. The van der Waals surface area contributed by atoms with Gasteiger partial charge in [-0.25, -0.2) is 8.42 Å². The summed E-state index contributed by atoms with van der Waals surface area (Å²) in [6.07, 6.45) is 4.41. The molecule has 0 atom stereocenters. The number of nitrogens with one attached hydrogen (secondary N) is 1. The average Bonchev–Trinajstić information content (AvgIpc) is 3.09. The maximum atomic E-state index is 13.1. The highest BCUT2D eigenvalue weighted by molar-refractivity contribution is 7.89. The van der Waals surface area contributed by atoms with E-state index >= 15 is 0 Å². The van der Waals surface area contributed by atoms with E-state index in [1.54, 1.807) is 35.5 Å². The minimum Gasteiger partial charge on any atom is -0.326 e.